The number of ketones is 1. The summed E-state index contributed by atoms with van der Waals surface area (Å²) in [5, 5.41) is 8.04. The van der Waals surface area contributed by atoms with Crippen LogP contribution in [0.3, 0.4) is 0 Å². The molecule has 2 bridgehead atoms. The van der Waals surface area contributed by atoms with Crippen molar-refractivity contribution in [3.05, 3.63) is 24.0 Å². The zero-order chi connectivity index (χ0) is 17.6. The van der Waals surface area contributed by atoms with Crippen LogP contribution in [0.2, 0.25) is 0 Å². The first kappa shape index (κ1) is 16.1. The Labute approximate surface area is 145 Å². The van der Waals surface area contributed by atoms with E-state index in [9.17, 15) is 9.59 Å². The molecular weight excluding hydrogens is 318 g/mol. The van der Waals surface area contributed by atoms with E-state index >= 15 is 0 Å². The largest absolute Gasteiger partial charge is 0.381 e. The smallest absolute Gasteiger partial charge is 0.252 e. The van der Waals surface area contributed by atoms with Crippen LogP contribution in [0.4, 0.5) is 5.69 Å². The van der Waals surface area contributed by atoms with Gasteiger partial charge in [-0.1, -0.05) is 0 Å². The van der Waals surface area contributed by atoms with Gasteiger partial charge in [-0.05, 0) is 38.7 Å². The standard InChI is InChI=1S/C18H23N5O2/c1-9(24)10-4-11-6-13(7-12(5-10)22-11)23-16-14-2-3-20-18(14)21-8-15(16)17(19)25/h2-3,8,10-13,22H,4-7H2,1H3,(H2,19,25)(H2,20,21,23)/t10?,11-,12+,13-. The SMILES string of the molecule is CC(=O)C1C[C@@H]2C[C@@H](Nc3c(C(N)=O)cnc4[nH]ccc34)C[C@H](C1)N2. The van der Waals surface area contributed by atoms with Gasteiger partial charge in [0.1, 0.15) is 11.4 Å². The lowest BCUT2D eigenvalue weighted by molar-refractivity contribution is -0.122. The van der Waals surface area contributed by atoms with Crippen molar-refractivity contribution in [3.63, 3.8) is 0 Å². The number of hydrogen-bond donors (Lipinski definition) is 4. The topological polar surface area (TPSA) is 113 Å². The molecule has 2 fully saturated rings. The van der Waals surface area contributed by atoms with Gasteiger partial charge in [-0.3, -0.25) is 9.59 Å². The number of nitrogens with zero attached hydrogens (tertiary/aromatic N) is 1. The minimum atomic E-state index is -0.483. The summed E-state index contributed by atoms with van der Waals surface area (Å²) in [5.74, 6) is -0.0124. The first-order valence-electron chi connectivity index (χ1n) is 8.80. The molecule has 2 aromatic heterocycles. The van der Waals surface area contributed by atoms with Gasteiger partial charge in [-0.15, -0.1) is 0 Å². The van der Waals surface area contributed by atoms with Crippen LogP contribution in [0, 0.1) is 5.92 Å². The van der Waals surface area contributed by atoms with Crippen LogP contribution >= 0.6 is 0 Å². The second-order valence-corrected chi connectivity index (χ2v) is 7.30. The maximum Gasteiger partial charge on any atom is 0.252 e. The molecule has 7 heteroatoms. The van der Waals surface area contributed by atoms with Crippen molar-refractivity contribution >= 4 is 28.4 Å². The van der Waals surface area contributed by atoms with Crippen molar-refractivity contribution in [3.8, 4) is 0 Å². The quantitative estimate of drug-likeness (QED) is 0.674. The number of H-pyrrole nitrogens is 1. The monoisotopic (exact) mass is 341 g/mol. The number of fused-ring (bicyclic) bond motifs is 3. The van der Waals surface area contributed by atoms with Crippen molar-refractivity contribution < 1.29 is 9.59 Å². The summed E-state index contributed by atoms with van der Waals surface area (Å²) in [6.07, 6.45) is 6.96. The molecule has 1 amide bonds. The van der Waals surface area contributed by atoms with Crippen LogP contribution in [-0.2, 0) is 4.79 Å². The number of carbonyl (C=O) groups is 2. The maximum atomic E-state index is 11.8. The number of anilines is 1. The Morgan fingerprint density at radius 2 is 1.96 bits per heavy atom. The average molecular weight is 341 g/mol. The lowest BCUT2D eigenvalue weighted by Crippen LogP contribution is -2.55. The minimum absolute atomic E-state index is 0.177. The highest BCUT2D eigenvalue weighted by molar-refractivity contribution is 6.05. The van der Waals surface area contributed by atoms with Crippen molar-refractivity contribution in [1.29, 1.82) is 0 Å². The Morgan fingerprint density at radius 3 is 2.60 bits per heavy atom. The molecule has 5 N–H and O–H groups in total. The predicted octanol–water partition coefficient (Wildman–Crippen LogP) is 1.56. The van der Waals surface area contributed by atoms with Crippen molar-refractivity contribution in [2.45, 2.75) is 50.7 Å². The molecule has 0 spiro atoms. The molecule has 4 heterocycles. The molecule has 2 saturated heterocycles. The number of amides is 1. The highest BCUT2D eigenvalue weighted by atomic mass is 16.1. The summed E-state index contributed by atoms with van der Waals surface area (Å²) in [5.41, 5.74) is 7.45. The van der Waals surface area contributed by atoms with Crippen LogP contribution in [0.1, 0.15) is 43.0 Å². The molecule has 132 valence electrons. The fraction of sp³-hybridized carbons (Fsp3) is 0.500. The Bertz CT molecular complexity index is 816. The lowest BCUT2D eigenvalue weighted by Gasteiger charge is -2.43. The Kier molecular flexibility index (Phi) is 3.95. The number of aromatic amines is 1. The minimum Gasteiger partial charge on any atom is -0.381 e. The van der Waals surface area contributed by atoms with Gasteiger partial charge < -0.3 is 21.4 Å². The number of hydrogen-bond acceptors (Lipinski definition) is 5. The first-order chi connectivity index (χ1) is 12.0. The zero-order valence-corrected chi connectivity index (χ0v) is 14.2. The Morgan fingerprint density at radius 1 is 1.24 bits per heavy atom. The molecule has 0 radical (unpaired) electrons. The zero-order valence-electron chi connectivity index (χ0n) is 14.2. The van der Waals surface area contributed by atoms with Gasteiger partial charge in [-0.25, -0.2) is 4.98 Å². The van der Waals surface area contributed by atoms with Crippen LogP contribution in [0.15, 0.2) is 18.5 Å². The van der Waals surface area contributed by atoms with Gasteiger partial charge >= 0.3 is 0 Å². The summed E-state index contributed by atoms with van der Waals surface area (Å²) in [4.78, 5) is 30.9. The van der Waals surface area contributed by atoms with Crippen LogP contribution in [-0.4, -0.2) is 39.8 Å². The first-order valence-corrected chi connectivity index (χ1v) is 8.80. The number of piperidine rings is 2. The highest BCUT2D eigenvalue weighted by Gasteiger charge is 2.37. The van der Waals surface area contributed by atoms with Gasteiger partial charge in [0, 0.05) is 41.8 Å². The molecule has 4 atom stereocenters. The second-order valence-electron chi connectivity index (χ2n) is 7.30. The third-order valence-electron chi connectivity index (χ3n) is 5.52. The summed E-state index contributed by atoms with van der Waals surface area (Å²) in [7, 11) is 0. The number of nitrogens with one attached hydrogen (secondary N) is 3. The fourth-order valence-electron chi connectivity index (χ4n) is 4.37. The number of rotatable bonds is 4. The maximum absolute atomic E-state index is 11.8. The Balaban J connectivity index is 1.58. The van der Waals surface area contributed by atoms with Gasteiger partial charge in [0.05, 0.1) is 11.3 Å². The van der Waals surface area contributed by atoms with E-state index in [4.69, 9.17) is 5.73 Å². The van der Waals surface area contributed by atoms with E-state index in [1.165, 1.54) is 6.20 Å². The molecule has 2 aliphatic heterocycles. The summed E-state index contributed by atoms with van der Waals surface area (Å²) < 4.78 is 0. The molecule has 7 nitrogen and oxygen atoms in total. The van der Waals surface area contributed by atoms with Crippen LogP contribution < -0.4 is 16.4 Å². The van der Waals surface area contributed by atoms with Gasteiger partial charge in [0.25, 0.3) is 5.91 Å². The van der Waals surface area contributed by atoms with Gasteiger partial charge in [0.2, 0.25) is 0 Å². The fourth-order valence-corrected chi connectivity index (χ4v) is 4.37. The predicted molar refractivity (Wildman–Crippen MR) is 95.4 cm³/mol. The average Bonchev–Trinajstić information content (AvgIpc) is 3.03. The van der Waals surface area contributed by atoms with Crippen LogP contribution in [0.5, 0.6) is 0 Å². The summed E-state index contributed by atoms with van der Waals surface area (Å²) >= 11 is 0. The normalized spacial score (nSPS) is 28.7. The number of aromatic nitrogens is 2. The molecule has 0 aliphatic carbocycles. The third kappa shape index (κ3) is 3.00. The third-order valence-corrected chi connectivity index (χ3v) is 5.52. The van der Waals surface area contributed by atoms with E-state index in [0.29, 0.717) is 23.4 Å². The van der Waals surface area contributed by atoms with Gasteiger partial charge in [-0.2, -0.15) is 0 Å². The molecule has 4 rings (SSSR count). The number of Topliss-reactive ketones (excluding diaryl/α,β-unsaturated/α-hetero) is 1. The summed E-state index contributed by atoms with van der Waals surface area (Å²) in [6, 6.07) is 2.81. The van der Waals surface area contributed by atoms with E-state index < -0.39 is 5.91 Å². The molecule has 1 unspecified atom stereocenters. The van der Waals surface area contributed by atoms with E-state index in [1.807, 2.05) is 12.3 Å². The van der Waals surface area contributed by atoms with E-state index in [2.05, 4.69) is 20.6 Å². The second kappa shape index (κ2) is 6.15. The molecule has 2 aliphatic rings. The van der Waals surface area contributed by atoms with E-state index in [0.717, 1.165) is 42.4 Å². The lowest BCUT2D eigenvalue weighted by atomic mass is 9.77. The van der Waals surface area contributed by atoms with Crippen LogP contribution in [0.25, 0.3) is 11.0 Å². The van der Waals surface area contributed by atoms with Crippen molar-refractivity contribution in [1.82, 2.24) is 15.3 Å². The molecule has 25 heavy (non-hydrogen) atoms. The number of nitrogens with two attached hydrogens (primary N) is 1. The molecule has 2 aromatic rings. The highest BCUT2D eigenvalue weighted by Crippen LogP contribution is 2.33. The van der Waals surface area contributed by atoms with Gasteiger partial charge in [0.15, 0.2) is 0 Å². The Hall–Kier alpha value is -2.41. The molecule has 0 aromatic carbocycles. The van der Waals surface area contributed by atoms with Crippen molar-refractivity contribution in [2.75, 3.05) is 5.32 Å². The van der Waals surface area contributed by atoms with Crippen molar-refractivity contribution in [2.24, 2.45) is 11.7 Å². The van der Waals surface area contributed by atoms with E-state index in [1.54, 1.807) is 6.92 Å². The molecular formula is C18H23N5O2. The number of pyridine rings is 1. The number of carbonyl (C=O) groups excluding carboxylic acids is 2. The van der Waals surface area contributed by atoms with E-state index in [-0.39, 0.29) is 12.0 Å². The molecule has 0 saturated carbocycles. The summed E-state index contributed by atoms with van der Waals surface area (Å²) in [6.45, 7) is 1.69. The number of primary amides is 1.